The van der Waals surface area contributed by atoms with E-state index in [4.69, 9.17) is 16.4 Å². The average Bonchev–Trinajstić information content (AvgIpc) is 2.60. The molecule has 0 saturated carbocycles. The van der Waals surface area contributed by atoms with E-state index >= 15 is 0 Å². The molecule has 0 aliphatic carbocycles. The van der Waals surface area contributed by atoms with Crippen molar-refractivity contribution in [3.63, 3.8) is 0 Å². The van der Waals surface area contributed by atoms with E-state index in [2.05, 4.69) is 5.92 Å². The molecular formula is C18H16N2O3S. The number of nitrogens with zero attached hydrogens (tertiary/aromatic N) is 2. The number of rotatable bonds is 6. The molecule has 0 radical (unpaired) electrons. The van der Waals surface area contributed by atoms with E-state index in [0.717, 1.165) is 5.56 Å². The number of nitriles is 1. The fourth-order valence-corrected chi connectivity index (χ4v) is 3.24. The summed E-state index contributed by atoms with van der Waals surface area (Å²) in [7, 11) is -2.19. The molecule has 5 nitrogen and oxygen atoms in total. The first kappa shape index (κ1) is 17.4. The minimum atomic E-state index is -3.68. The van der Waals surface area contributed by atoms with E-state index in [0.29, 0.717) is 11.4 Å². The van der Waals surface area contributed by atoms with Crippen molar-refractivity contribution in [3.05, 3.63) is 54.1 Å². The minimum absolute atomic E-state index is 0.155. The van der Waals surface area contributed by atoms with Crippen molar-refractivity contribution in [2.24, 2.45) is 0 Å². The molecule has 0 saturated heterocycles. The molecule has 0 aromatic heterocycles. The summed E-state index contributed by atoms with van der Waals surface area (Å²) in [5.74, 6) is 2.94. The second-order valence-corrected chi connectivity index (χ2v) is 6.91. The number of ether oxygens (including phenoxy) is 1. The van der Waals surface area contributed by atoms with Gasteiger partial charge in [-0.05, 0) is 42.0 Å². The molecule has 0 unspecified atom stereocenters. The molecule has 0 N–H and O–H groups in total. The number of hydrogen-bond acceptors (Lipinski definition) is 4. The van der Waals surface area contributed by atoms with Gasteiger partial charge in [-0.25, -0.2) is 8.42 Å². The summed E-state index contributed by atoms with van der Waals surface area (Å²) < 4.78 is 31.8. The van der Waals surface area contributed by atoms with Crippen LogP contribution in [0.5, 0.6) is 5.75 Å². The topological polar surface area (TPSA) is 70.4 Å². The molecule has 0 spiro atoms. The van der Waals surface area contributed by atoms with Crippen molar-refractivity contribution >= 4 is 15.7 Å². The Bertz CT molecular complexity index is 874. The second-order valence-electron chi connectivity index (χ2n) is 4.94. The van der Waals surface area contributed by atoms with Gasteiger partial charge in [-0.2, -0.15) is 5.26 Å². The maximum Gasteiger partial charge on any atom is 0.264 e. The van der Waals surface area contributed by atoms with Gasteiger partial charge in [-0.15, -0.1) is 6.42 Å². The van der Waals surface area contributed by atoms with E-state index in [-0.39, 0.29) is 17.9 Å². The summed E-state index contributed by atoms with van der Waals surface area (Å²) in [5.41, 5.74) is 1.28. The normalized spacial score (nSPS) is 10.5. The van der Waals surface area contributed by atoms with Crippen LogP contribution in [-0.4, -0.2) is 22.1 Å². The Morgan fingerprint density at radius 1 is 1.12 bits per heavy atom. The zero-order valence-electron chi connectivity index (χ0n) is 13.1. The standard InChI is InChI=1S/C18H16N2O3S/c1-3-14-23-17-8-6-16(7-9-17)20(2)24(21,22)18-10-4-15(5-11-18)12-13-19/h1,4-11H,12,14H2,2H3. The van der Waals surface area contributed by atoms with Gasteiger partial charge in [-0.1, -0.05) is 18.1 Å². The van der Waals surface area contributed by atoms with Crippen LogP contribution in [-0.2, 0) is 16.4 Å². The van der Waals surface area contributed by atoms with Crippen molar-refractivity contribution in [1.82, 2.24) is 0 Å². The Labute approximate surface area is 142 Å². The van der Waals surface area contributed by atoms with Crippen LogP contribution in [0.4, 0.5) is 5.69 Å². The van der Waals surface area contributed by atoms with Gasteiger partial charge in [0.15, 0.2) is 0 Å². The highest BCUT2D eigenvalue weighted by atomic mass is 32.2. The first-order valence-electron chi connectivity index (χ1n) is 7.10. The summed E-state index contributed by atoms with van der Waals surface area (Å²) in [6.07, 6.45) is 5.37. The van der Waals surface area contributed by atoms with Gasteiger partial charge in [0.25, 0.3) is 10.0 Å². The molecule has 0 amide bonds. The summed E-state index contributed by atoms with van der Waals surface area (Å²) in [5, 5.41) is 8.66. The minimum Gasteiger partial charge on any atom is -0.481 e. The van der Waals surface area contributed by atoms with Crippen molar-refractivity contribution in [2.75, 3.05) is 18.0 Å². The van der Waals surface area contributed by atoms with Gasteiger partial charge < -0.3 is 4.74 Å². The number of sulfonamides is 1. The Morgan fingerprint density at radius 2 is 1.75 bits per heavy atom. The average molecular weight is 340 g/mol. The van der Waals surface area contributed by atoms with Crippen LogP contribution in [0.2, 0.25) is 0 Å². The third kappa shape index (κ3) is 3.87. The predicted octanol–water partition coefficient (Wildman–Crippen LogP) is 2.59. The van der Waals surface area contributed by atoms with Crippen LogP contribution in [0.1, 0.15) is 5.56 Å². The van der Waals surface area contributed by atoms with Crippen LogP contribution < -0.4 is 9.04 Å². The number of anilines is 1. The van der Waals surface area contributed by atoms with Crippen LogP contribution in [0.15, 0.2) is 53.4 Å². The largest absolute Gasteiger partial charge is 0.481 e. The molecule has 2 rings (SSSR count). The van der Waals surface area contributed by atoms with Crippen LogP contribution in [0, 0.1) is 23.7 Å². The van der Waals surface area contributed by atoms with Crippen LogP contribution >= 0.6 is 0 Å². The van der Waals surface area contributed by atoms with Crippen molar-refractivity contribution in [1.29, 1.82) is 5.26 Å². The third-order valence-electron chi connectivity index (χ3n) is 3.39. The lowest BCUT2D eigenvalue weighted by atomic mass is 10.2. The first-order valence-corrected chi connectivity index (χ1v) is 8.54. The van der Waals surface area contributed by atoms with Gasteiger partial charge in [0, 0.05) is 7.05 Å². The summed E-state index contributed by atoms with van der Waals surface area (Å²) in [4.78, 5) is 0.166. The predicted molar refractivity (Wildman–Crippen MR) is 92.1 cm³/mol. The van der Waals surface area contributed by atoms with Crippen molar-refractivity contribution < 1.29 is 13.2 Å². The fraction of sp³-hybridized carbons (Fsp3) is 0.167. The zero-order chi connectivity index (χ0) is 17.6. The highest BCUT2D eigenvalue weighted by molar-refractivity contribution is 7.92. The fourth-order valence-electron chi connectivity index (χ4n) is 2.04. The lowest BCUT2D eigenvalue weighted by molar-refractivity contribution is 0.370. The Kier molecular flexibility index (Phi) is 5.47. The van der Waals surface area contributed by atoms with E-state index in [1.807, 2.05) is 6.07 Å². The van der Waals surface area contributed by atoms with E-state index in [9.17, 15) is 8.42 Å². The van der Waals surface area contributed by atoms with Gasteiger partial charge in [0.2, 0.25) is 0 Å². The summed E-state index contributed by atoms with van der Waals surface area (Å²) in [6, 6.07) is 14.9. The molecule has 0 bridgehead atoms. The first-order chi connectivity index (χ1) is 11.5. The maximum atomic E-state index is 12.7. The second kappa shape index (κ2) is 7.54. The van der Waals surface area contributed by atoms with Crippen molar-refractivity contribution in [3.8, 4) is 24.2 Å². The van der Waals surface area contributed by atoms with E-state index in [1.54, 1.807) is 36.4 Å². The molecule has 24 heavy (non-hydrogen) atoms. The SMILES string of the molecule is C#CCOc1ccc(N(C)S(=O)(=O)c2ccc(CC#N)cc2)cc1. The Hall–Kier alpha value is -2.96. The van der Waals surface area contributed by atoms with E-state index in [1.165, 1.54) is 23.5 Å². The van der Waals surface area contributed by atoms with Crippen molar-refractivity contribution in [2.45, 2.75) is 11.3 Å². The van der Waals surface area contributed by atoms with E-state index < -0.39 is 10.0 Å². The van der Waals surface area contributed by atoms with Gasteiger partial charge in [0.1, 0.15) is 12.4 Å². The molecule has 0 aliphatic heterocycles. The molecule has 0 aliphatic rings. The number of hydrogen-bond donors (Lipinski definition) is 0. The highest BCUT2D eigenvalue weighted by Crippen LogP contribution is 2.24. The maximum absolute atomic E-state index is 12.7. The quantitative estimate of drug-likeness (QED) is 0.758. The number of terminal acetylenes is 1. The van der Waals surface area contributed by atoms with Crippen LogP contribution in [0.25, 0.3) is 0 Å². The highest BCUT2D eigenvalue weighted by Gasteiger charge is 2.21. The number of benzene rings is 2. The lowest BCUT2D eigenvalue weighted by Crippen LogP contribution is -2.26. The molecule has 2 aromatic carbocycles. The molecule has 2 aromatic rings. The lowest BCUT2D eigenvalue weighted by Gasteiger charge is -2.20. The molecule has 0 atom stereocenters. The monoisotopic (exact) mass is 340 g/mol. The Morgan fingerprint density at radius 3 is 2.29 bits per heavy atom. The third-order valence-corrected chi connectivity index (χ3v) is 5.19. The molecule has 0 heterocycles. The zero-order valence-corrected chi connectivity index (χ0v) is 14.0. The molecular weight excluding hydrogens is 324 g/mol. The van der Waals surface area contributed by atoms with Gasteiger partial charge in [0.05, 0.1) is 23.1 Å². The molecule has 122 valence electrons. The smallest absolute Gasteiger partial charge is 0.264 e. The molecule has 0 fully saturated rings. The van der Waals surface area contributed by atoms with Crippen LogP contribution in [0.3, 0.4) is 0 Å². The van der Waals surface area contributed by atoms with Gasteiger partial charge in [-0.3, -0.25) is 4.31 Å². The van der Waals surface area contributed by atoms with Gasteiger partial charge >= 0.3 is 0 Å². The summed E-state index contributed by atoms with van der Waals surface area (Å²) >= 11 is 0. The molecule has 6 heteroatoms. The Balaban J connectivity index is 2.22. The summed E-state index contributed by atoms with van der Waals surface area (Å²) in [6.45, 7) is 0.155.